The Balaban J connectivity index is 1.27. The zero-order valence-corrected chi connectivity index (χ0v) is 21.6. The monoisotopic (exact) mass is 516 g/mol. The Bertz CT molecular complexity index is 1410. The minimum Gasteiger partial charge on any atom is -0.343 e. The van der Waals surface area contributed by atoms with Gasteiger partial charge in [-0.2, -0.15) is 0 Å². The lowest BCUT2D eigenvalue weighted by atomic mass is 10.00. The molecule has 0 radical (unpaired) electrons. The van der Waals surface area contributed by atoms with Crippen molar-refractivity contribution in [2.75, 3.05) is 13.1 Å². The van der Waals surface area contributed by atoms with Gasteiger partial charge in [0.2, 0.25) is 0 Å². The van der Waals surface area contributed by atoms with Gasteiger partial charge in [-0.1, -0.05) is 43.3 Å². The zero-order chi connectivity index (χ0) is 25.8. The SMILES string of the molecule is CCCN(Cc1cccn1Cc1nc(C(=O)N2CCc3ccccc3C2)cs1)C(=O)c1ccccc1F. The number of nitrogens with zero attached hydrogens (tertiary/aromatic N) is 4. The number of carbonyl (C=O) groups excluding carboxylic acids is 2. The first-order valence-corrected chi connectivity index (χ1v) is 13.4. The summed E-state index contributed by atoms with van der Waals surface area (Å²) in [6.45, 7) is 4.67. The molecule has 1 aliphatic heterocycles. The average molecular weight is 517 g/mol. The van der Waals surface area contributed by atoms with Crippen molar-refractivity contribution in [1.29, 1.82) is 0 Å². The zero-order valence-electron chi connectivity index (χ0n) is 20.8. The van der Waals surface area contributed by atoms with Crippen LogP contribution in [0, 0.1) is 5.82 Å². The molecule has 190 valence electrons. The van der Waals surface area contributed by atoms with Crippen molar-refractivity contribution in [1.82, 2.24) is 19.4 Å². The third kappa shape index (κ3) is 5.49. The summed E-state index contributed by atoms with van der Waals surface area (Å²) in [6, 6.07) is 18.2. The lowest BCUT2D eigenvalue weighted by molar-refractivity contribution is 0.0723. The molecule has 0 atom stereocenters. The van der Waals surface area contributed by atoms with Crippen LogP contribution in [0.4, 0.5) is 4.39 Å². The van der Waals surface area contributed by atoms with Gasteiger partial charge in [-0.05, 0) is 48.2 Å². The molecule has 0 bridgehead atoms. The number of carbonyl (C=O) groups is 2. The summed E-state index contributed by atoms with van der Waals surface area (Å²) < 4.78 is 16.3. The topological polar surface area (TPSA) is 58.4 Å². The maximum Gasteiger partial charge on any atom is 0.273 e. The maximum atomic E-state index is 14.3. The molecule has 1 aliphatic rings. The van der Waals surface area contributed by atoms with E-state index in [1.165, 1.54) is 34.6 Å². The second kappa shape index (κ2) is 11.1. The van der Waals surface area contributed by atoms with Crippen LogP contribution in [-0.4, -0.2) is 44.3 Å². The first-order valence-electron chi connectivity index (χ1n) is 12.5. The van der Waals surface area contributed by atoms with Gasteiger partial charge < -0.3 is 14.4 Å². The summed E-state index contributed by atoms with van der Waals surface area (Å²) in [5.41, 5.74) is 3.97. The minimum atomic E-state index is -0.513. The van der Waals surface area contributed by atoms with Crippen LogP contribution in [-0.2, 0) is 26.1 Å². The molecule has 5 rings (SSSR count). The van der Waals surface area contributed by atoms with Gasteiger partial charge in [0.05, 0.1) is 18.7 Å². The quantitative estimate of drug-likeness (QED) is 0.316. The van der Waals surface area contributed by atoms with Crippen molar-refractivity contribution in [2.45, 2.75) is 39.4 Å². The van der Waals surface area contributed by atoms with E-state index in [9.17, 15) is 14.0 Å². The van der Waals surface area contributed by atoms with E-state index in [-0.39, 0.29) is 17.4 Å². The predicted octanol–water partition coefficient (Wildman–Crippen LogP) is 5.38. The maximum absolute atomic E-state index is 14.3. The van der Waals surface area contributed by atoms with Gasteiger partial charge in [0.15, 0.2) is 0 Å². The van der Waals surface area contributed by atoms with Crippen molar-refractivity contribution < 1.29 is 14.0 Å². The molecule has 3 heterocycles. The molecule has 0 saturated heterocycles. The summed E-state index contributed by atoms with van der Waals surface area (Å²) in [4.78, 5) is 34.4. The fraction of sp³-hybridized carbons (Fsp3) is 0.276. The van der Waals surface area contributed by atoms with Gasteiger partial charge in [0.1, 0.15) is 16.5 Å². The Kier molecular flexibility index (Phi) is 7.46. The minimum absolute atomic E-state index is 0.0469. The molecule has 4 aromatic rings. The standard InChI is InChI=1S/C29H29FN4O2S/c1-2-14-33(28(35)24-11-5-6-12-25(24)30)18-23-10-7-15-32(23)19-27-31-26(20-37-27)29(36)34-16-13-21-8-3-4-9-22(21)17-34/h3-12,15,20H,2,13-14,16-19H2,1H3. The van der Waals surface area contributed by atoms with Gasteiger partial charge in [0.25, 0.3) is 11.8 Å². The number of amides is 2. The van der Waals surface area contributed by atoms with E-state index in [1.54, 1.807) is 17.0 Å². The largest absolute Gasteiger partial charge is 0.343 e. The summed E-state index contributed by atoms with van der Waals surface area (Å²) in [5.74, 6) is -0.881. The molecule has 0 fully saturated rings. The molecule has 0 N–H and O–H groups in total. The molecule has 0 saturated carbocycles. The van der Waals surface area contributed by atoms with Crippen LogP contribution in [0.15, 0.2) is 72.2 Å². The fourth-order valence-electron chi connectivity index (χ4n) is 4.73. The van der Waals surface area contributed by atoms with Crippen LogP contribution < -0.4 is 0 Å². The first-order chi connectivity index (χ1) is 18.0. The number of benzene rings is 2. The molecule has 37 heavy (non-hydrogen) atoms. The van der Waals surface area contributed by atoms with E-state index in [0.29, 0.717) is 38.4 Å². The summed E-state index contributed by atoms with van der Waals surface area (Å²) >= 11 is 1.46. The van der Waals surface area contributed by atoms with E-state index >= 15 is 0 Å². The first kappa shape index (κ1) is 24.9. The Hall–Kier alpha value is -3.78. The number of aromatic nitrogens is 2. The van der Waals surface area contributed by atoms with Gasteiger partial charge in [-0.25, -0.2) is 9.37 Å². The summed E-state index contributed by atoms with van der Waals surface area (Å²) in [5, 5.41) is 2.65. The molecule has 2 aromatic heterocycles. The van der Waals surface area contributed by atoms with E-state index in [1.807, 2.05) is 52.2 Å². The summed E-state index contributed by atoms with van der Waals surface area (Å²) in [7, 11) is 0. The highest BCUT2D eigenvalue weighted by atomic mass is 32.1. The second-order valence-corrected chi connectivity index (χ2v) is 10.1. The van der Waals surface area contributed by atoms with Gasteiger partial charge in [0, 0.05) is 36.9 Å². The Morgan fingerprint density at radius 3 is 2.65 bits per heavy atom. The molecule has 0 unspecified atom stereocenters. The highest BCUT2D eigenvalue weighted by Gasteiger charge is 2.24. The number of rotatable bonds is 8. The molecule has 8 heteroatoms. The van der Waals surface area contributed by atoms with Crippen molar-refractivity contribution in [3.63, 3.8) is 0 Å². The highest BCUT2D eigenvalue weighted by Crippen LogP contribution is 2.22. The van der Waals surface area contributed by atoms with Crippen LogP contribution in [0.3, 0.4) is 0 Å². The number of hydrogen-bond donors (Lipinski definition) is 0. The predicted molar refractivity (Wildman–Crippen MR) is 142 cm³/mol. The second-order valence-electron chi connectivity index (χ2n) is 9.21. The van der Waals surface area contributed by atoms with Gasteiger partial charge in [-0.15, -0.1) is 11.3 Å². The normalized spacial score (nSPS) is 12.9. The number of halogens is 1. The summed E-state index contributed by atoms with van der Waals surface area (Å²) in [6.07, 6.45) is 3.56. The van der Waals surface area contributed by atoms with Crippen molar-refractivity contribution in [2.24, 2.45) is 0 Å². The lowest BCUT2D eigenvalue weighted by Crippen LogP contribution is -2.36. The Morgan fingerprint density at radius 2 is 1.84 bits per heavy atom. The molecule has 6 nitrogen and oxygen atoms in total. The van der Waals surface area contributed by atoms with Gasteiger partial charge >= 0.3 is 0 Å². The van der Waals surface area contributed by atoms with E-state index in [2.05, 4.69) is 17.1 Å². The van der Waals surface area contributed by atoms with E-state index in [0.717, 1.165) is 23.5 Å². The number of hydrogen-bond acceptors (Lipinski definition) is 4. The molecule has 2 aromatic carbocycles. The molecular formula is C29H29FN4O2S. The van der Waals surface area contributed by atoms with Crippen LogP contribution in [0.2, 0.25) is 0 Å². The van der Waals surface area contributed by atoms with E-state index in [4.69, 9.17) is 0 Å². The van der Waals surface area contributed by atoms with Crippen molar-refractivity contribution >= 4 is 23.2 Å². The van der Waals surface area contributed by atoms with Crippen LogP contribution in [0.1, 0.15) is 56.0 Å². The molecule has 0 aliphatic carbocycles. The fourth-order valence-corrected chi connectivity index (χ4v) is 5.49. The average Bonchev–Trinajstić information content (AvgIpc) is 3.57. The number of thiazole rings is 1. The van der Waals surface area contributed by atoms with Crippen LogP contribution in [0.25, 0.3) is 0 Å². The molecule has 2 amide bonds. The lowest BCUT2D eigenvalue weighted by Gasteiger charge is -2.28. The number of fused-ring (bicyclic) bond motifs is 1. The van der Waals surface area contributed by atoms with Gasteiger partial charge in [-0.3, -0.25) is 9.59 Å². The van der Waals surface area contributed by atoms with Crippen LogP contribution in [0.5, 0.6) is 0 Å². The van der Waals surface area contributed by atoms with Crippen molar-refractivity contribution in [3.05, 3.63) is 111 Å². The smallest absolute Gasteiger partial charge is 0.273 e. The third-order valence-corrected chi connectivity index (χ3v) is 7.49. The van der Waals surface area contributed by atoms with Crippen LogP contribution >= 0.6 is 11.3 Å². The molecular weight excluding hydrogens is 487 g/mol. The third-order valence-electron chi connectivity index (χ3n) is 6.66. The Morgan fingerprint density at radius 1 is 1.05 bits per heavy atom. The van der Waals surface area contributed by atoms with Crippen molar-refractivity contribution in [3.8, 4) is 0 Å². The Labute approximate surface area is 220 Å². The highest BCUT2D eigenvalue weighted by molar-refractivity contribution is 7.09. The van der Waals surface area contributed by atoms with E-state index < -0.39 is 5.82 Å². The molecule has 0 spiro atoms.